The predicted octanol–water partition coefficient (Wildman–Crippen LogP) is 0.873. The van der Waals surface area contributed by atoms with Crippen molar-refractivity contribution in [3.8, 4) is 0 Å². The highest BCUT2D eigenvalue weighted by Crippen LogP contribution is 2.09. The molecule has 0 radical (unpaired) electrons. The summed E-state index contributed by atoms with van der Waals surface area (Å²) < 4.78 is 31.7. The highest BCUT2D eigenvalue weighted by molar-refractivity contribution is 7.89. The van der Waals surface area contributed by atoms with Gasteiger partial charge in [-0.15, -0.1) is 0 Å². The molecular weight excluding hydrogens is 284 g/mol. The van der Waals surface area contributed by atoms with E-state index in [0.29, 0.717) is 6.42 Å². The average molecular weight is 302 g/mol. The van der Waals surface area contributed by atoms with Gasteiger partial charge in [0.25, 0.3) is 10.0 Å². The van der Waals surface area contributed by atoms with E-state index in [1.807, 2.05) is 6.92 Å². The molecule has 8 heteroatoms. The van der Waals surface area contributed by atoms with Crippen LogP contribution in [0.5, 0.6) is 0 Å². The summed E-state index contributed by atoms with van der Waals surface area (Å²) in [5.74, 6) is -1.15. The van der Waals surface area contributed by atoms with Gasteiger partial charge < -0.3 is 9.84 Å². The summed E-state index contributed by atoms with van der Waals surface area (Å²) in [6.45, 7) is 2.21. The number of rotatable bonds is 8. The molecule has 0 bridgehead atoms. The van der Waals surface area contributed by atoms with Crippen LogP contribution in [0.25, 0.3) is 0 Å². The molecule has 0 saturated carbocycles. The summed E-state index contributed by atoms with van der Waals surface area (Å²) in [4.78, 5) is 14.4. The number of carbonyl (C=O) groups is 1. The number of ether oxygens (including phenoxy) is 1. The predicted molar refractivity (Wildman–Crippen MR) is 72.1 cm³/mol. The second kappa shape index (κ2) is 7.32. The lowest BCUT2D eigenvalue weighted by Crippen LogP contribution is -2.38. The van der Waals surface area contributed by atoms with Gasteiger partial charge in [-0.2, -0.15) is 0 Å². The molecule has 1 aromatic rings. The average Bonchev–Trinajstić information content (AvgIpc) is 2.39. The Morgan fingerprint density at radius 2 is 2.20 bits per heavy atom. The van der Waals surface area contributed by atoms with Crippen molar-refractivity contribution in [3.05, 3.63) is 23.9 Å². The molecule has 0 aliphatic carbocycles. The van der Waals surface area contributed by atoms with Crippen LogP contribution < -0.4 is 4.72 Å². The van der Waals surface area contributed by atoms with E-state index in [1.165, 1.54) is 19.2 Å². The van der Waals surface area contributed by atoms with Gasteiger partial charge in [-0.3, -0.25) is 0 Å². The van der Waals surface area contributed by atoms with Crippen LogP contribution in [0.4, 0.5) is 0 Å². The van der Waals surface area contributed by atoms with Crippen LogP contribution in [0.3, 0.4) is 0 Å². The molecule has 0 aliphatic rings. The Balaban J connectivity index is 2.89. The first-order valence-electron chi connectivity index (χ1n) is 6.11. The van der Waals surface area contributed by atoms with E-state index in [0.717, 1.165) is 12.6 Å². The first-order valence-corrected chi connectivity index (χ1v) is 7.59. The molecule has 0 fully saturated rings. The summed E-state index contributed by atoms with van der Waals surface area (Å²) in [5, 5.41) is 8.53. The van der Waals surface area contributed by atoms with Crippen LogP contribution in [-0.4, -0.2) is 44.2 Å². The summed E-state index contributed by atoms with van der Waals surface area (Å²) in [7, 11) is -2.28. The van der Waals surface area contributed by atoms with E-state index >= 15 is 0 Å². The fourth-order valence-corrected chi connectivity index (χ4v) is 2.86. The molecule has 7 nitrogen and oxygen atoms in total. The number of pyridine rings is 1. The second-order valence-corrected chi connectivity index (χ2v) is 5.91. The molecule has 0 aliphatic heterocycles. The Kier molecular flexibility index (Phi) is 6.05. The summed E-state index contributed by atoms with van der Waals surface area (Å²) in [6, 6.07) is 2.03. The highest BCUT2D eigenvalue weighted by atomic mass is 32.2. The normalized spacial score (nSPS) is 13.1. The van der Waals surface area contributed by atoms with Gasteiger partial charge in [0.15, 0.2) is 5.03 Å². The highest BCUT2D eigenvalue weighted by Gasteiger charge is 2.21. The molecular formula is C12H18N2O5S. The number of nitrogens with one attached hydrogen (secondary N) is 1. The Hall–Kier alpha value is -1.51. The molecule has 1 rings (SSSR count). The minimum atomic E-state index is -3.78. The van der Waals surface area contributed by atoms with Gasteiger partial charge >= 0.3 is 5.97 Å². The van der Waals surface area contributed by atoms with Gasteiger partial charge in [0.2, 0.25) is 0 Å². The van der Waals surface area contributed by atoms with Gasteiger partial charge in [-0.05, 0) is 18.6 Å². The van der Waals surface area contributed by atoms with Gasteiger partial charge in [0.05, 0.1) is 12.2 Å². The Bertz CT molecular complexity index is 535. The fraction of sp³-hybridized carbons (Fsp3) is 0.500. The van der Waals surface area contributed by atoms with E-state index < -0.39 is 16.0 Å². The number of methoxy groups -OCH3 is 1. The summed E-state index contributed by atoms with van der Waals surface area (Å²) in [6.07, 6.45) is 2.46. The summed E-state index contributed by atoms with van der Waals surface area (Å²) in [5.41, 5.74) is -0.0639. The van der Waals surface area contributed by atoms with E-state index in [4.69, 9.17) is 9.84 Å². The van der Waals surface area contributed by atoms with Gasteiger partial charge in [-0.1, -0.05) is 13.3 Å². The monoisotopic (exact) mass is 302 g/mol. The smallest absolute Gasteiger partial charge is 0.337 e. The molecule has 20 heavy (non-hydrogen) atoms. The van der Waals surface area contributed by atoms with E-state index in [-0.39, 0.29) is 23.2 Å². The first-order chi connectivity index (χ1) is 9.40. The first kappa shape index (κ1) is 16.5. The Morgan fingerprint density at radius 3 is 2.65 bits per heavy atom. The van der Waals surface area contributed by atoms with Crippen molar-refractivity contribution in [2.75, 3.05) is 13.7 Å². The van der Waals surface area contributed by atoms with Gasteiger partial charge in [0.1, 0.15) is 0 Å². The van der Waals surface area contributed by atoms with E-state index in [9.17, 15) is 13.2 Å². The third-order valence-electron chi connectivity index (χ3n) is 2.59. The third-order valence-corrected chi connectivity index (χ3v) is 4.02. The lowest BCUT2D eigenvalue weighted by molar-refractivity contribution is 0.0696. The fourth-order valence-electron chi connectivity index (χ4n) is 1.67. The maximum atomic E-state index is 12.1. The van der Waals surface area contributed by atoms with Crippen LogP contribution in [0.1, 0.15) is 30.1 Å². The van der Waals surface area contributed by atoms with Crippen molar-refractivity contribution in [1.29, 1.82) is 0 Å². The number of aromatic carboxylic acids is 1. The zero-order valence-corrected chi connectivity index (χ0v) is 12.2. The quantitative estimate of drug-likeness (QED) is 0.738. The van der Waals surface area contributed by atoms with Crippen LogP contribution in [-0.2, 0) is 14.8 Å². The van der Waals surface area contributed by atoms with Gasteiger partial charge in [-0.25, -0.2) is 22.9 Å². The molecule has 0 aromatic carbocycles. The molecule has 1 aromatic heterocycles. The van der Waals surface area contributed by atoms with Crippen molar-refractivity contribution in [1.82, 2.24) is 9.71 Å². The van der Waals surface area contributed by atoms with Crippen LogP contribution in [0, 0.1) is 0 Å². The molecule has 1 unspecified atom stereocenters. The van der Waals surface area contributed by atoms with E-state index in [1.54, 1.807) is 0 Å². The second-order valence-electron chi connectivity index (χ2n) is 4.25. The molecule has 2 N–H and O–H groups in total. The molecule has 0 spiro atoms. The van der Waals surface area contributed by atoms with Crippen molar-refractivity contribution < 1.29 is 23.1 Å². The molecule has 0 amide bonds. The van der Waals surface area contributed by atoms with Crippen LogP contribution in [0.15, 0.2) is 23.4 Å². The lowest BCUT2D eigenvalue weighted by atomic mass is 10.2. The molecule has 1 atom stereocenters. The molecule has 0 saturated heterocycles. The minimum absolute atomic E-state index is 0.0639. The summed E-state index contributed by atoms with van der Waals surface area (Å²) >= 11 is 0. The number of carboxylic acids is 1. The third kappa shape index (κ3) is 4.55. The minimum Gasteiger partial charge on any atom is -0.478 e. The Labute approximate surface area is 118 Å². The number of hydrogen-bond donors (Lipinski definition) is 2. The molecule has 112 valence electrons. The SMILES string of the molecule is CCCC(COC)NS(=O)(=O)c1ccc(C(=O)O)cn1. The lowest BCUT2D eigenvalue weighted by Gasteiger charge is -2.16. The van der Waals surface area contributed by atoms with Crippen molar-refractivity contribution >= 4 is 16.0 Å². The topological polar surface area (TPSA) is 106 Å². The standard InChI is InChI=1S/C12H18N2O5S/c1-3-4-10(8-19-2)14-20(17,18)11-6-5-9(7-13-11)12(15)16/h5-7,10,14H,3-4,8H2,1-2H3,(H,15,16). The van der Waals surface area contributed by atoms with Crippen molar-refractivity contribution in [2.24, 2.45) is 0 Å². The number of aromatic nitrogens is 1. The number of nitrogens with zero attached hydrogens (tertiary/aromatic N) is 1. The zero-order valence-electron chi connectivity index (χ0n) is 11.4. The Morgan fingerprint density at radius 1 is 1.50 bits per heavy atom. The van der Waals surface area contributed by atoms with Crippen molar-refractivity contribution in [3.63, 3.8) is 0 Å². The van der Waals surface area contributed by atoms with Crippen LogP contribution in [0.2, 0.25) is 0 Å². The van der Waals surface area contributed by atoms with E-state index in [2.05, 4.69) is 9.71 Å². The van der Waals surface area contributed by atoms with Gasteiger partial charge in [0, 0.05) is 19.3 Å². The number of hydrogen-bond acceptors (Lipinski definition) is 5. The largest absolute Gasteiger partial charge is 0.478 e. The zero-order chi connectivity index (χ0) is 15.2. The maximum Gasteiger partial charge on any atom is 0.337 e. The maximum absolute atomic E-state index is 12.1. The molecule has 1 heterocycles. The number of sulfonamides is 1. The number of carboxylic acid groups (broad SMARTS) is 1. The van der Waals surface area contributed by atoms with Crippen molar-refractivity contribution in [2.45, 2.75) is 30.8 Å². The van der Waals surface area contributed by atoms with Crippen LogP contribution >= 0.6 is 0 Å².